The molecule has 18 bridgehead atoms. The van der Waals surface area contributed by atoms with Crippen molar-refractivity contribution in [2.75, 3.05) is 21.3 Å². The van der Waals surface area contributed by atoms with Crippen molar-refractivity contribution in [1.29, 1.82) is 0 Å². The Balaban J connectivity index is 0.925. The predicted molar refractivity (Wildman–Crippen MR) is 373 cm³/mol. The van der Waals surface area contributed by atoms with Crippen LogP contribution in [0, 0.1) is 10.8 Å². The van der Waals surface area contributed by atoms with Gasteiger partial charge in [-0.2, -0.15) is 4.57 Å². The third-order valence-corrected chi connectivity index (χ3v) is 20.5. The van der Waals surface area contributed by atoms with Gasteiger partial charge in [-0.1, -0.05) is 164 Å². The molecule has 460 valence electrons. The Morgan fingerprint density at radius 2 is 0.937 bits per heavy atom. The van der Waals surface area contributed by atoms with Crippen molar-refractivity contribution in [1.82, 2.24) is 9.47 Å². The van der Waals surface area contributed by atoms with Crippen molar-refractivity contribution in [3.8, 4) is 0 Å². The van der Waals surface area contributed by atoms with Crippen molar-refractivity contribution >= 4 is 74.5 Å². The number of benzene rings is 8. The Morgan fingerprint density at radius 1 is 0.421 bits per heavy atom. The lowest BCUT2D eigenvalue weighted by Crippen LogP contribution is -2.73. The zero-order valence-corrected chi connectivity index (χ0v) is 53.0. The summed E-state index contributed by atoms with van der Waals surface area (Å²) in [4.78, 5) is 62.7. The van der Waals surface area contributed by atoms with Crippen molar-refractivity contribution < 1.29 is 28.3 Å². The fourth-order valence-electron chi connectivity index (χ4n) is 16.9. The minimum atomic E-state index is -1.21. The lowest BCUT2D eigenvalue weighted by molar-refractivity contribution is -0.858. The first-order valence-electron chi connectivity index (χ1n) is 32.8. The second kappa shape index (κ2) is 20.8. The molecule has 0 radical (unpaired) electrons. The first kappa shape index (κ1) is 56.3. The summed E-state index contributed by atoms with van der Waals surface area (Å²) in [5, 5.41) is 13.7. The maximum absolute atomic E-state index is 15.3. The van der Waals surface area contributed by atoms with E-state index >= 15 is 14.4 Å². The fraction of sp³-hybridized carbons (Fsp3) is 0.157. The largest absolute Gasteiger partial charge is 0.549 e. The number of anilines is 4. The first-order chi connectivity index (χ1) is 46.2. The molecule has 4 N–H and O–H groups in total. The first-order valence-corrected chi connectivity index (χ1v) is 32.8. The Morgan fingerprint density at radius 3 is 1.61 bits per heavy atom. The summed E-state index contributed by atoms with van der Waals surface area (Å²) in [5.74, 6) is -2.47. The summed E-state index contributed by atoms with van der Waals surface area (Å²) in [7, 11) is 0. The number of carbonyl (C=O) groups is 4. The number of hydrogen-bond donors (Lipinski definition) is 4. The van der Waals surface area contributed by atoms with E-state index in [0.29, 0.717) is 70.7 Å². The summed E-state index contributed by atoms with van der Waals surface area (Å²) in [6.07, 6.45) is 16.3. The highest BCUT2D eigenvalue weighted by molar-refractivity contribution is 6.31. The predicted octanol–water partition coefficient (Wildman–Crippen LogP) is 15.4. The van der Waals surface area contributed by atoms with E-state index in [1.807, 2.05) is 133 Å². The van der Waals surface area contributed by atoms with Gasteiger partial charge in [0.2, 0.25) is 22.8 Å². The number of amides is 4. The van der Waals surface area contributed by atoms with Gasteiger partial charge < -0.3 is 21.3 Å². The van der Waals surface area contributed by atoms with Gasteiger partial charge in [-0.3, -0.25) is 19.2 Å². The number of carbonyl (C=O) groups excluding carboxylic acids is 4. The lowest BCUT2D eigenvalue weighted by atomic mass is 9.79. The van der Waals surface area contributed by atoms with Crippen LogP contribution < -0.4 is 21.3 Å². The van der Waals surface area contributed by atoms with Crippen LogP contribution in [0.25, 0.3) is 16.7 Å². The van der Waals surface area contributed by atoms with Gasteiger partial charge in [0.25, 0.3) is 23.6 Å². The molecule has 12 heteroatoms. The minimum Gasteiger partial charge on any atom is -0.322 e. The van der Waals surface area contributed by atoms with Gasteiger partial charge in [0.05, 0.1) is 45.8 Å². The number of nitrogens with zero attached hydrogens (tertiary/aromatic N) is 4. The zero-order valence-electron chi connectivity index (χ0n) is 53.0. The van der Waals surface area contributed by atoms with E-state index in [9.17, 15) is 4.79 Å². The van der Waals surface area contributed by atoms with Crippen LogP contribution in [0.3, 0.4) is 0 Å². The topological polar surface area (TPSA) is 131 Å². The molecule has 8 aromatic carbocycles. The molecule has 3 atom stereocenters. The van der Waals surface area contributed by atoms with Gasteiger partial charge in [0.1, 0.15) is 0 Å². The molecule has 95 heavy (non-hydrogen) atoms. The third kappa shape index (κ3) is 8.66. The van der Waals surface area contributed by atoms with E-state index in [2.05, 4.69) is 177 Å². The van der Waals surface area contributed by atoms with E-state index in [4.69, 9.17) is 0 Å². The Kier molecular flexibility index (Phi) is 12.3. The van der Waals surface area contributed by atoms with Crippen LogP contribution in [0.1, 0.15) is 131 Å². The molecular weight excluding hydrogens is 1170 g/mol. The number of fused-ring (bicyclic) bond motifs is 18. The molecule has 9 aliphatic rings. The molecule has 0 aliphatic carbocycles. The Hall–Kier alpha value is -11.5. The average molecular weight is 1240 g/mol. The van der Waals surface area contributed by atoms with Crippen LogP contribution in [0.5, 0.6) is 0 Å². The number of para-hydroxylation sites is 3. The highest BCUT2D eigenvalue weighted by Gasteiger charge is 2.78. The van der Waals surface area contributed by atoms with E-state index in [1.165, 1.54) is 0 Å². The van der Waals surface area contributed by atoms with Crippen molar-refractivity contribution in [2.45, 2.75) is 71.2 Å². The summed E-state index contributed by atoms with van der Waals surface area (Å²) in [6.45, 7) is 8.90. The number of hydrogen-bond acceptors (Lipinski definition) is 5. The van der Waals surface area contributed by atoms with Crippen LogP contribution in [-0.4, -0.2) is 59.7 Å². The molecule has 18 rings (SSSR count). The van der Waals surface area contributed by atoms with Crippen LogP contribution in [0.4, 0.5) is 22.7 Å². The molecule has 0 fully saturated rings. The van der Waals surface area contributed by atoms with Crippen LogP contribution >= 0.6 is 0 Å². The molecule has 12 nitrogen and oxygen atoms in total. The molecule has 3 unspecified atom stereocenters. The van der Waals surface area contributed by atoms with Crippen LogP contribution in [-0.2, 0) is 31.6 Å². The van der Waals surface area contributed by atoms with Gasteiger partial charge in [-0.15, -0.1) is 0 Å². The molecule has 10 heterocycles. The fourth-order valence-corrected chi connectivity index (χ4v) is 16.9. The van der Waals surface area contributed by atoms with Crippen molar-refractivity contribution in [3.63, 3.8) is 0 Å². The summed E-state index contributed by atoms with van der Waals surface area (Å²) in [6, 6.07) is 68.5. The third-order valence-electron chi connectivity index (χ3n) is 20.5. The SMILES string of the molecule is CC1(C)Cc2cccc(c2)C(=O)Nc2ccccc2C2=C3C=CC4C(C5=[N+]6C(=C7c8ccccc8NC(=O)c8ccccc8CC(C)(C)Cc8cccc(c8)C(=O)Nc8cccc(c8)C8=C9C=CC2=[N+]9C6(N34)n2c8ccc27)C=C5)c2ccccc2NC(=O)c2cccc(c2)C1. The van der Waals surface area contributed by atoms with Crippen LogP contribution in [0.2, 0.25) is 0 Å². The van der Waals surface area contributed by atoms with E-state index < -0.39 is 11.8 Å². The number of nitrogens with one attached hydrogen (secondary N) is 4. The summed E-state index contributed by atoms with van der Waals surface area (Å²) in [5.41, 5.74) is 21.3. The summed E-state index contributed by atoms with van der Waals surface area (Å²) < 4.78 is 7.53. The zero-order chi connectivity index (χ0) is 64.2. The number of aromatic nitrogens is 1. The maximum atomic E-state index is 15.3. The van der Waals surface area contributed by atoms with Gasteiger partial charge in [-0.05, 0) is 161 Å². The van der Waals surface area contributed by atoms with Crippen molar-refractivity contribution in [2.24, 2.45) is 10.8 Å². The molecule has 1 aromatic heterocycles. The second-order valence-electron chi connectivity index (χ2n) is 28.0. The molecule has 1 spiro atoms. The van der Waals surface area contributed by atoms with Gasteiger partial charge >= 0.3 is 5.91 Å². The summed E-state index contributed by atoms with van der Waals surface area (Å²) >= 11 is 0. The molecule has 0 saturated heterocycles. The smallest absolute Gasteiger partial charge is 0.322 e. The molecule has 4 amide bonds. The monoisotopic (exact) mass is 1240 g/mol. The highest BCUT2D eigenvalue weighted by atomic mass is 16.2. The van der Waals surface area contributed by atoms with Gasteiger partial charge in [0, 0.05) is 80.4 Å². The molecule has 9 aliphatic heterocycles. The maximum Gasteiger partial charge on any atom is 0.549 e. The van der Waals surface area contributed by atoms with E-state index in [-0.39, 0.29) is 40.5 Å². The van der Waals surface area contributed by atoms with Crippen LogP contribution in [0.15, 0.2) is 260 Å². The van der Waals surface area contributed by atoms with Gasteiger partial charge in [0.15, 0.2) is 0 Å². The van der Waals surface area contributed by atoms with Crippen molar-refractivity contribution in [3.05, 3.63) is 338 Å². The molecular formula is C83H66N8O4+2. The highest BCUT2D eigenvalue weighted by Crippen LogP contribution is 2.61. The number of allylic oxidation sites excluding steroid dienone is 6. The normalized spacial score (nSPS) is 21.4. The standard InChI is InChI=1S/C83H64N8O4/c1-81(2)45-49-17-14-23-54(42-49)78(93)85-62-30-10-7-27-59(62)74-67-35-33-65-73-52-21-16-25-57(44-52)84-77(92)53-22-13-19-51(41-53)47-82(3,4)48-56-20-5-6-26-58(56)80(95)87-64-32-12-9-29-61(64)76-68-36-34-66(73)89(68)83(88(65)67)90-69(74)37-38-70(90)75(71-39-40-72(76)91(71)83)60-28-8-11-31-63(60)86-79(94)55-24-15-18-50(43-55)46-81/h5-44,70,75H,45-48H2,1-4H3,(H2-,84,85,86,87,92,93,94,95)/p+2. The number of rotatable bonds is 0. The minimum absolute atomic E-state index is 0.206. The van der Waals surface area contributed by atoms with Gasteiger partial charge in [-0.25, -0.2) is 4.90 Å². The molecule has 9 aromatic rings. The molecule has 0 saturated carbocycles. The second-order valence-corrected chi connectivity index (χ2v) is 28.0. The Labute approximate surface area is 550 Å². The quantitative estimate of drug-likeness (QED) is 0.112. The average Bonchev–Trinajstić information content (AvgIpc) is 1.52. The Bertz CT molecular complexity index is 5270. The van der Waals surface area contributed by atoms with E-state index in [0.717, 1.165) is 101 Å². The lowest BCUT2D eigenvalue weighted by Gasteiger charge is -2.50. The van der Waals surface area contributed by atoms with E-state index in [1.54, 1.807) is 0 Å².